The quantitative estimate of drug-likeness (QED) is 0.942. The molecule has 5 heteroatoms. The van der Waals surface area contributed by atoms with E-state index >= 15 is 0 Å². The molecule has 0 aliphatic carbocycles. The molecule has 1 aliphatic heterocycles. The maximum absolute atomic E-state index is 5.89. The molecule has 0 spiro atoms. The number of para-hydroxylation sites is 1. The van der Waals surface area contributed by atoms with E-state index < -0.39 is 0 Å². The minimum Gasteiger partial charge on any atom is -0.490 e. The van der Waals surface area contributed by atoms with Crippen molar-refractivity contribution in [2.24, 2.45) is 7.05 Å². The third-order valence-electron chi connectivity index (χ3n) is 4.45. The normalized spacial score (nSPS) is 15.3. The van der Waals surface area contributed by atoms with E-state index in [1.165, 1.54) is 11.3 Å². The maximum Gasteiger partial charge on any atom is 0.165 e. The zero-order chi connectivity index (χ0) is 16.4. The number of benzene rings is 1. The first-order chi connectivity index (χ1) is 11.1. The van der Waals surface area contributed by atoms with Crippen LogP contribution in [0.15, 0.2) is 18.2 Å². The van der Waals surface area contributed by atoms with Gasteiger partial charge in [-0.05, 0) is 26.8 Å². The van der Waals surface area contributed by atoms with Crippen LogP contribution in [-0.4, -0.2) is 23.0 Å². The Morgan fingerprint density at radius 1 is 1.26 bits per heavy atom. The molecule has 1 aliphatic rings. The summed E-state index contributed by atoms with van der Waals surface area (Å²) >= 11 is 0. The lowest BCUT2D eigenvalue weighted by molar-refractivity contribution is 0.295. The van der Waals surface area contributed by atoms with Crippen LogP contribution in [0.5, 0.6) is 11.5 Å². The van der Waals surface area contributed by atoms with Gasteiger partial charge in [-0.15, -0.1) is 0 Å². The van der Waals surface area contributed by atoms with Gasteiger partial charge in [-0.25, -0.2) is 0 Å². The van der Waals surface area contributed by atoms with Crippen LogP contribution in [0.2, 0.25) is 0 Å². The van der Waals surface area contributed by atoms with E-state index in [0.29, 0.717) is 13.2 Å². The number of nitrogens with one attached hydrogen (secondary N) is 1. The molecule has 2 aromatic rings. The monoisotopic (exact) mass is 315 g/mol. The molecular weight excluding hydrogens is 290 g/mol. The number of hydrogen-bond donors (Lipinski definition) is 1. The van der Waals surface area contributed by atoms with Gasteiger partial charge >= 0.3 is 0 Å². The summed E-state index contributed by atoms with van der Waals surface area (Å²) in [4.78, 5) is 0. The van der Waals surface area contributed by atoms with E-state index in [1.807, 2.05) is 23.9 Å². The molecule has 5 nitrogen and oxygen atoms in total. The van der Waals surface area contributed by atoms with Crippen LogP contribution < -0.4 is 14.8 Å². The average Bonchev–Trinajstić information content (AvgIpc) is 2.72. The number of aromatic nitrogens is 2. The number of aryl methyl sites for hydroxylation is 2. The largest absolute Gasteiger partial charge is 0.490 e. The Kier molecular flexibility index (Phi) is 4.57. The highest BCUT2D eigenvalue weighted by molar-refractivity contribution is 5.47. The fourth-order valence-electron chi connectivity index (χ4n) is 3.18. The van der Waals surface area contributed by atoms with E-state index in [4.69, 9.17) is 9.47 Å². The van der Waals surface area contributed by atoms with E-state index in [1.54, 1.807) is 0 Å². The molecule has 2 heterocycles. The molecule has 0 amide bonds. The van der Waals surface area contributed by atoms with Crippen LogP contribution in [0.25, 0.3) is 0 Å². The first-order valence-electron chi connectivity index (χ1n) is 8.19. The van der Waals surface area contributed by atoms with Gasteiger partial charge in [0.25, 0.3) is 0 Å². The smallest absolute Gasteiger partial charge is 0.165 e. The Bertz CT molecular complexity index is 694. The number of hydrogen-bond acceptors (Lipinski definition) is 4. The lowest BCUT2D eigenvalue weighted by Crippen LogP contribution is -2.20. The molecule has 1 atom stereocenters. The van der Waals surface area contributed by atoms with Crippen LogP contribution >= 0.6 is 0 Å². The number of ether oxygens (including phenoxy) is 2. The van der Waals surface area contributed by atoms with Gasteiger partial charge in [-0.3, -0.25) is 4.68 Å². The minimum atomic E-state index is 0.228. The molecule has 23 heavy (non-hydrogen) atoms. The highest BCUT2D eigenvalue weighted by Gasteiger charge is 2.18. The predicted molar refractivity (Wildman–Crippen MR) is 90.0 cm³/mol. The van der Waals surface area contributed by atoms with Gasteiger partial charge in [0.15, 0.2) is 11.5 Å². The van der Waals surface area contributed by atoms with Gasteiger partial charge in [0.2, 0.25) is 0 Å². The van der Waals surface area contributed by atoms with Gasteiger partial charge in [0.1, 0.15) is 0 Å². The summed E-state index contributed by atoms with van der Waals surface area (Å²) in [5.74, 6) is 1.73. The second-order valence-electron chi connectivity index (χ2n) is 6.11. The van der Waals surface area contributed by atoms with Crippen molar-refractivity contribution in [1.82, 2.24) is 15.1 Å². The summed E-state index contributed by atoms with van der Waals surface area (Å²) in [7, 11) is 1.99. The second-order valence-corrected chi connectivity index (χ2v) is 6.11. The molecule has 0 fully saturated rings. The maximum atomic E-state index is 5.89. The topological polar surface area (TPSA) is 48.3 Å². The average molecular weight is 315 g/mol. The summed E-state index contributed by atoms with van der Waals surface area (Å²) in [5.41, 5.74) is 4.69. The zero-order valence-electron chi connectivity index (χ0n) is 14.3. The summed E-state index contributed by atoms with van der Waals surface area (Å²) < 4.78 is 13.6. The minimum absolute atomic E-state index is 0.228. The molecule has 0 saturated carbocycles. The number of nitrogens with zero attached hydrogens (tertiary/aromatic N) is 2. The third kappa shape index (κ3) is 3.20. The van der Waals surface area contributed by atoms with Gasteiger partial charge in [0.05, 0.1) is 18.9 Å². The zero-order valence-corrected chi connectivity index (χ0v) is 14.3. The van der Waals surface area contributed by atoms with Crippen LogP contribution in [0, 0.1) is 13.8 Å². The predicted octanol–water partition coefficient (Wildman–Crippen LogP) is 3.05. The Labute approximate surface area is 137 Å². The van der Waals surface area contributed by atoms with E-state index in [9.17, 15) is 0 Å². The Morgan fingerprint density at radius 3 is 2.78 bits per heavy atom. The molecule has 1 aromatic carbocycles. The summed E-state index contributed by atoms with van der Waals surface area (Å²) in [5, 5.41) is 8.09. The molecular formula is C18H25N3O2. The lowest BCUT2D eigenvalue weighted by atomic mass is 10.1. The van der Waals surface area contributed by atoms with Crippen molar-refractivity contribution in [2.75, 3.05) is 13.2 Å². The molecule has 1 unspecified atom stereocenters. The van der Waals surface area contributed by atoms with Crippen LogP contribution in [-0.2, 0) is 13.6 Å². The Balaban J connectivity index is 1.76. The van der Waals surface area contributed by atoms with E-state index in [-0.39, 0.29) is 6.04 Å². The van der Waals surface area contributed by atoms with Gasteiger partial charge in [-0.1, -0.05) is 12.1 Å². The van der Waals surface area contributed by atoms with Crippen LogP contribution in [0.4, 0.5) is 0 Å². The summed E-state index contributed by atoms with van der Waals surface area (Å²) in [6.45, 7) is 8.51. The Morgan fingerprint density at radius 2 is 2.04 bits per heavy atom. The van der Waals surface area contributed by atoms with Gasteiger partial charge < -0.3 is 14.8 Å². The van der Waals surface area contributed by atoms with Crippen molar-refractivity contribution in [1.29, 1.82) is 0 Å². The summed E-state index contributed by atoms with van der Waals surface area (Å²) in [6.07, 6.45) is 0.923. The van der Waals surface area contributed by atoms with Crippen molar-refractivity contribution in [3.05, 3.63) is 40.7 Å². The third-order valence-corrected chi connectivity index (χ3v) is 4.45. The lowest BCUT2D eigenvalue weighted by Gasteiger charge is -2.17. The molecule has 0 saturated heterocycles. The highest BCUT2D eigenvalue weighted by atomic mass is 16.5. The van der Waals surface area contributed by atoms with Crippen molar-refractivity contribution in [3.8, 4) is 11.5 Å². The molecule has 124 valence electrons. The van der Waals surface area contributed by atoms with Crippen LogP contribution in [0.3, 0.4) is 0 Å². The second kappa shape index (κ2) is 6.62. The molecule has 3 rings (SSSR count). The molecule has 0 bridgehead atoms. The van der Waals surface area contributed by atoms with E-state index in [2.05, 4.69) is 37.3 Å². The standard InChI is InChI=1S/C18H25N3O2/c1-12(17-13(2)20-21(4)14(17)3)19-11-15-7-5-8-16-18(15)23-10-6-9-22-16/h5,7-8,12,19H,6,9-11H2,1-4H3. The first kappa shape index (κ1) is 15.9. The summed E-state index contributed by atoms with van der Waals surface area (Å²) in [6, 6.07) is 6.32. The van der Waals surface area contributed by atoms with E-state index in [0.717, 1.165) is 35.7 Å². The fourth-order valence-corrected chi connectivity index (χ4v) is 3.18. The fraction of sp³-hybridized carbons (Fsp3) is 0.500. The number of rotatable bonds is 4. The molecule has 1 aromatic heterocycles. The first-order valence-corrected chi connectivity index (χ1v) is 8.19. The Hall–Kier alpha value is -2.01. The van der Waals surface area contributed by atoms with Crippen molar-refractivity contribution >= 4 is 0 Å². The number of fused-ring (bicyclic) bond motifs is 1. The van der Waals surface area contributed by atoms with Crippen molar-refractivity contribution in [3.63, 3.8) is 0 Å². The van der Waals surface area contributed by atoms with Crippen LogP contribution in [0.1, 0.15) is 41.9 Å². The molecule has 1 N–H and O–H groups in total. The highest BCUT2D eigenvalue weighted by Crippen LogP contribution is 2.33. The van der Waals surface area contributed by atoms with Gasteiger partial charge in [0, 0.05) is 42.9 Å². The SMILES string of the molecule is Cc1nn(C)c(C)c1C(C)NCc1cccc2c1OCCCO2. The molecule has 0 radical (unpaired) electrons. The van der Waals surface area contributed by atoms with Gasteiger partial charge in [-0.2, -0.15) is 5.10 Å². The van der Waals surface area contributed by atoms with Crippen molar-refractivity contribution in [2.45, 2.75) is 39.8 Å². The van der Waals surface area contributed by atoms with Crippen molar-refractivity contribution < 1.29 is 9.47 Å².